The summed E-state index contributed by atoms with van der Waals surface area (Å²) in [6, 6.07) is 10.8. The molecule has 5 heteroatoms. The molecule has 0 bridgehead atoms. The number of oxazole rings is 1. The molecule has 0 aliphatic carbocycles. The van der Waals surface area contributed by atoms with Crippen LogP contribution in [0.3, 0.4) is 0 Å². The quantitative estimate of drug-likeness (QED) is 0.794. The van der Waals surface area contributed by atoms with E-state index in [1.807, 2.05) is 0 Å². The number of halogens is 1. The summed E-state index contributed by atoms with van der Waals surface area (Å²) in [4.78, 5) is 15.3. The first-order chi connectivity index (χ1) is 9.63. The van der Waals surface area contributed by atoms with Crippen LogP contribution in [0.1, 0.15) is 21.8 Å². The van der Waals surface area contributed by atoms with Crippen molar-refractivity contribution in [2.45, 2.75) is 6.42 Å². The molecule has 0 saturated heterocycles. The van der Waals surface area contributed by atoms with Gasteiger partial charge in [0, 0.05) is 6.42 Å². The zero-order chi connectivity index (χ0) is 14.1. The second-order valence-corrected chi connectivity index (χ2v) is 4.37. The predicted molar refractivity (Wildman–Crippen MR) is 70.2 cm³/mol. The SMILES string of the molecule is O=C(O)c1cccc2nc(Cc3ccc(F)cc3)oc12. The molecule has 2 aromatic carbocycles. The molecule has 0 spiro atoms. The average Bonchev–Trinajstić information content (AvgIpc) is 2.83. The third kappa shape index (κ3) is 2.25. The van der Waals surface area contributed by atoms with Crippen molar-refractivity contribution in [1.29, 1.82) is 0 Å². The lowest BCUT2D eigenvalue weighted by Crippen LogP contribution is -1.95. The third-order valence-electron chi connectivity index (χ3n) is 2.96. The van der Waals surface area contributed by atoms with Crippen LogP contribution in [0.2, 0.25) is 0 Å². The topological polar surface area (TPSA) is 63.3 Å². The highest BCUT2D eigenvalue weighted by atomic mass is 19.1. The predicted octanol–water partition coefficient (Wildman–Crippen LogP) is 3.26. The van der Waals surface area contributed by atoms with E-state index in [4.69, 9.17) is 9.52 Å². The molecule has 4 nitrogen and oxygen atoms in total. The largest absolute Gasteiger partial charge is 0.478 e. The van der Waals surface area contributed by atoms with E-state index >= 15 is 0 Å². The van der Waals surface area contributed by atoms with Crippen molar-refractivity contribution < 1.29 is 18.7 Å². The monoisotopic (exact) mass is 271 g/mol. The number of rotatable bonds is 3. The minimum Gasteiger partial charge on any atom is -0.478 e. The first-order valence-corrected chi connectivity index (χ1v) is 5.99. The summed E-state index contributed by atoms with van der Waals surface area (Å²) < 4.78 is 18.3. The normalized spacial score (nSPS) is 10.8. The van der Waals surface area contributed by atoms with E-state index in [0.717, 1.165) is 5.56 Å². The van der Waals surface area contributed by atoms with Crippen molar-refractivity contribution in [1.82, 2.24) is 4.98 Å². The molecule has 0 radical (unpaired) electrons. The fourth-order valence-corrected chi connectivity index (χ4v) is 2.02. The lowest BCUT2D eigenvalue weighted by molar-refractivity contribution is 0.0698. The zero-order valence-corrected chi connectivity index (χ0v) is 10.3. The van der Waals surface area contributed by atoms with Gasteiger partial charge in [0.2, 0.25) is 0 Å². The number of carboxylic acids is 1. The molecule has 0 amide bonds. The summed E-state index contributed by atoms with van der Waals surface area (Å²) in [5.41, 5.74) is 1.69. The van der Waals surface area contributed by atoms with Gasteiger partial charge in [0.05, 0.1) is 0 Å². The van der Waals surface area contributed by atoms with Gasteiger partial charge in [-0.1, -0.05) is 18.2 Å². The molecule has 0 aliphatic rings. The van der Waals surface area contributed by atoms with Crippen molar-refractivity contribution in [3.63, 3.8) is 0 Å². The number of carbonyl (C=O) groups is 1. The number of aromatic nitrogens is 1. The Bertz CT molecular complexity index is 777. The molecule has 0 saturated carbocycles. The standard InChI is InChI=1S/C15H10FNO3/c16-10-6-4-9(5-7-10)8-13-17-12-3-1-2-11(15(18)19)14(12)20-13/h1-7H,8H2,(H,18,19). The van der Waals surface area contributed by atoms with Crippen LogP contribution < -0.4 is 0 Å². The van der Waals surface area contributed by atoms with Crippen molar-refractivity contribution >= 4 is 17.1 Å². The van der Waals surface area contributed by atoms with Gasteiger partial charge in [0.15, 0.2) is 11.5 Å². The van der Waals surface area contributed by atoms with Crippen molar-refractivity contribution in [2.75, 3.05) is 0 Å². The Morgan fingerprint density at radius 2 is 1.95 bits per heavy atom. The molecule has 3 rings (SSSR count). The molecule has 1 N–H and O–H groups in total. The Morgan fingerprint density at radius 3 is 2.65 bits per heavy atom. The number of hydrogen-bond acceptors (Lipinski definition) is 3. The minimum atomic E-state index is -1.06. The summed E-state index contributed by atoms with van der Waals surface area (Å²) >= 11 is 0. The maximum absolute atomic E-state index is 12.8. The first kappa shape index (κ1) is 12.3. The number of hydrogen-bond donors (Lipinski definition) is 1. The van der Waals surface area contributed by atoms with Crippen LogP contribution >= 0.6 is 0 Å². The number of nitrogens with zero attached hydrogens (tertiary/aromatic N) is 1. The highest BCUT2D eigenvalue weighted by molar-refractivity contribution is 5.99. The van der Waals surface area contributed by atoms with Gasteiger partial charge in [-0.3, -0.25) is 0 Å². The molecule has 0 aliphatic heterocycles. The van der Waals surface area contributed by atoms with Gasteiger partial charge in [0.25, 0.3) is 0 Å². The number of carboxylic acid groups (broad SMARTS) is 1. The number of para-hydroxylation sites is 1. The van der Waals surface area contributed by atoms with Gasteiger partial charge >= 0.3 is 5.97 Å². The molecule has 20 heavy (non-hydrogen) atoms. The van der Waals surface area contributed by atoms with E-state index in [1.165, 1.54) is 18.2 Å². The number of benzene rings is 2. The van der Waals surface area contributed by atoms with Crippen molar-refractivity contribution in [3.8, 4) is 0 Å². The lowest BCUT2D eigenvalue weighted by Gasteiger charge is -1.96. The molecule has 1 aromatic heterocycles. The van der Waals surface area contributed by atoms with E-state index in [1.54, 1.807) is 24.3 Å². The van der Waals surface area contributed by atoms with Gasteiger partial charge in [-0.25, -0.2) is 14.2 Å². The zero-order valence-electron chi connectivity index (χ0n) is 10.3. The second-order valence-electron chi connectivity index (χ2n) is 4.37. The van der Waals surface area contributed by atoms with Crippen molar-refractivity contribution in [3.05, 3.63) is 65.3 Å². The smallest absolute Gasteiger partial charge is 0.339 e. The number of aromatic carboxylic acids is 1. The van der Waals surface area contributed by atoms with Crippen LogP contribution in [0.4, 0.5) is 4.39 Å². The Morgan fingerprint density at radius 1 is 1.20 bits per heavy atom. The maximum atomic E-state index is 12.8. The Labute approximate surface area is 113 Å². The van der Waals surface area contributed by atoms with Gasteiger partial charge < -0.3 is 9.52 Å². The Hall–Kier alpha value is -2.69. The first-order valence-electron chi connectivity index (χ1n) is 5.99. The average molecular weight is 271 g/mol. The van der Waals surface area contributed by atoms with E-state index < -0.39 is 5.97 Å². The van der Waals surface area contributed by atoms with Crippen LogP contribution in [0.25, 0.3) is 11.1 Å². The van der Waals surface area contributed by atoms with E-state index in [2.05, 4.69) is 4.98 Å². The minimum absolute atomic E-state index is 0.0837. The van der Waals surface area contributed by atoms with Crippen LogP contribution in [0.5, 0.6) is 0 Å². The summed E-state index contributed by atoms with van der Waals surface area (Å²) in [5, 5.41) is 9.08. The van der Waals surface area contributed by atoms with Crippen LogP contribution in [-0.4, -0.2) is 16.1 Å². The molecular formula is C15H10FNO3. The maximum Gasteiger partial charge on any atom is 0.339 e. The third-order valence-corrected chi connectivity index (χ3v) is 2.96. The van der Waals surface area contributed by atoms with Crippen molar-refractivity contribution in [2.24, 2.45) is 0 Å². The summed E-state index contributed by atoms with van der Waals surface area (Å²) in [5.74, 6) is -0.958. The van der Waals surface area contributed by atoms with Gasteiger partial charge in [-0.2, -0.15) is 0 Å². The van der Waals surface area contributed by atoms with Crippen LogP contribution in [0, 0.1) is 5.82 Å². The molecule has 3 aromatic rings. The molecule has 0 atom stereocenters. The van der Waals surface area contributed by atoms with Gasteiger partial charge in [-0.05, 0) is 29.8 Å². The summed E-state index contributed by atoms with van der Waals surface area (Å²) in [6.07, 6.45) is 0.383. The van der Waals surface area contributed by atoms with E-state index in [-0.39, 0.29) is 17.0 Å². The fraction of sp³-hybridized carbons (Fsp3) is 0.0667. The molecule has 0 unspecified atom stereocenters. The lowest BCUT2D eigenvalue weighted by atomic mass is 10.1. The Balaban J connectivity index is 1.99. The molecular weight excluding hydrogens is 261 g/mol. The fourth-order valence-electron chi connectivity index (χ4n) is 2.02. The molecule has 0 fully saturated rings. The molecule has 1 heterocycles. The van der Waals surface area contributed by atoms with Gasteiger partial charge in [-0.15, -0.1) is 0 Å². The van der Waals surface area contributed by atoms with E-state index in [9.17, 15) is 9.18 Å². The van der Waals surface area contributed by atoms with Gasteiger partial charge in [0.1, 0.15) is 16.9 Å². The highest BCUT2D eigenvalue weighted by Gasteiger charge is 2.14. The highest BCUT2D eigenvalue weighted by Crippen LogP contribution is 2.21. The molecule has 100 valence electrons. The number of fused-ring (bicyclic) bond motifs is 1. The summed E-state index contributed by atoms with van der Waals surface area (Å²) in [6.45, 7) is 0. The second kappa shape index (κ2) is 4.77. The van der Waals surface area contributed by atoms with Crippen LogP contribution in [-0.2, 0) is 6.42 Å². The Kier molecular flexibility index (Phi) is 2.95. The van der Waals surface area contributed by atoms with E-state index in [0.29, 0.717) is 17.8 Å². The van der Waals surface area contributed by atoms with Crippen LogP contribution in [0.15, 0.2) is 46.9 Å². The summed E-state index contributed by atoms with van der Waals surface area (Å²) in [7, 11) is 0.